The first-order chi connectivity index (χ1) is 16.2. The number of fused-ring (bicyclic) bond motifs is 1. The summed E-state index contributed by atoms with van der Waals surface area (Å²) in [5, 5.41) is 10.2. The highest BCUT2D eigenvalue weighted by atomic mass is 35.5. The second kappa shape index (κ2) is 11.2. The minimum Gasteiger partial charge on any atom is -0.444 e. The summed E-state index contributed by atoms with van der Waals surface area (Å²) in [6.07, 6.45) is 0.696. The van der Waals surface area contributed by atoms with E-state index in [4.69, 9.17) is 16.3 Å². The Morgan fingerprint density at radius 1 is 0.971 bits per heavy atom. The van der Waals surface area contributed by atoms with Gasteiger partial charge in [-0.05, 0) is 44.4 Å². The van der Waals surface area contributed by atoms with E-state index in [0.717, 1.165) is 34.1 Å². The fraction of sp³-hybridized carbons (Fsp3) is 0.346. The molecule has 0 aliphatic rings. The molecule has 0 saturated carbocycles. The summed E-state index contributed by atoms with van der Waals surface area (Å²) in [6, 6.07) is 15.5. The number of benzene rings is 2. The largest absolute Gasteiger partial charge is 0.444 e. The summed E-state index contributed by atoms with van der Waals surface area (Å²) < 4.78 is 5.26. The summed E-state index contributed by atoms with van der Waals surface area (Å²) in [7, 11) is 0. The molecule has 0 bridgehead atoms. The molecule has 0 aliphatic heterocycles. The first-order valence-electron chi connectivity index (χ1n) is 11.3. The monoisotopic (exact) mass is 482 g/mol. The maximum Gasteiger partial charge on any atom is 0.407 e. The highest BCUT2D eigenvalue weighted by Crippen LogP contribution is 2.36. The molecular weight excluding hydrogens is 452 g/mol. The fourth-order valence-electron chi connectivity index (χ4n) is 3.36. The summed E-state index contributed by atoms with van der Waals surface area (Å²) in [5.74, 6) is -0.105. The van der Waals surface area contributed by atoms with Crippen molar-refractivity contribution in [2.45, 2.75) is 59.2 Å². The number of nitrogens with zero attached hydrogens (tertiary/aromatic N) is 1. The van der Waals surface area contributed by atoms with Crippen LogP contribution in [0.15, 0.2) is 48.5 Å². The zero-order chi connectivity index (χ0) is 24.7. The van der Waals surface area contributed by atoms with Crippen molar-refractivity contribution in [1.82, 2.24) is 10.3 Å². The number of hydrogen-bond acceptors (Lipinski definition) is 5. The Labute approximate surface area is 205 Å². The van der Waals surface area contributed by atoms with Crippen LogP contribution in [-0.2, 0) is 22.6 Å². The fourth-order valence-corrected chi connectivity index (χ4v) is 3.60. The molecule has 7 nitrogen and oxygen atoms in total. The van der Waals surface area contributed by atoms with Gasteiger partial charge in [-0.3, -0.25) is 4.79 Å². The highest BCUT2D eigenvalue weighted by molar-refractivity contribution is 6.34. The van der Waals surface area contributed by atoms with Crippen LogP contribution in [0.5, 0.6) is 0 Å². The Morgan fingerprint density at radius 2 is 1.62 bits per heavy atom. The number of rotatable bonds is 8. The molecule has 0 saturated heterocycles. The van der Waals surface area contributed by atoms with E-state index in [-0.39, 0.29) is 11.1 Å². The van der Waals surface area contributed by atoms with Gasteiger partial charge in [0.05, 0.1) is 11.2 Å². The van der Waals surface area contributed by atoms with Crippen molar-refractivity contribution < 1.29 is 14.3 Å². The Hall–Kier alpha value is -3.32. The van der Waals surface area contributed by atoms with Gasteiger partial charge in [-0.15, -0.1) is 0 Å². The van der Waals surface area contributed by atoms with E-state index in [1.54, 1.807) is 0 Å². The van der Waals surface area contributed by atoms with Crippen LogP contribution < -0.4 is 16.0 Å². The Bertz CT molecular complexity index is 1160. The number of aromatic nitrogens is 1. The van der Waals surface area contributed by atoms with E-state index in [1.165, 1.54) is 0 Å². The number of alkyl carbamates (subject to hydrolysis) is 1. The molecule has 180 valence electrons. The summed E-state index contributed by atoms with van der Waals surface area (Å²) in [6.45, 7) is 8.32. The Kier molecular flexibility index (Phi) is 8.34. The van der Waals surface area contributed by atoms with Crippen LogP contribution in [0.3, 0.4) is 0 Å². The number of ether oxygens (including phenoxy) is 1. The van der Waals surface area contributed by atoms with Crippen molar-refractivity contribution in [2.24, 2.45) is 0 Å². The molecule has 8 heteroatoms. The van der Waals surface area contributed by atoms with Crippen molar-refractivity contribution >= 4 is 45.9 Å². The van der Waals surface area contributed by atoms with Crippen LogP contribution in [0.4, 0.5) is 16.2 Å². The number of carbonyl (C=O) groups excluding carboxylic acids is 2. The predicted octanol–water partition coefficient (Wildman–Crippen LogP) is 6.26. The number of anilines is 2. The molecule has 2 amide bonds. The van der Waals surface area contributed by atoms with Gasteiger partial charge >= 0.3 is 6.09 Å². The molecule has 0 atom stereocenters. The molecule has 1 heterocycles. The maximum absolute atomic E-state index is 12.3. The Balaban J connectivity index is 1.73. The molecule has 0 spiro atoms. The van der Waals surface area contributed by atoms with Crippen LogP contribution in [0, 0.1) is 0 Å². The van der Waals surface area contributed by atoms with Gasteiger partial charge in [0.1, 0.15) is 11.3 Å². The van der Waals surface area contributed by atoms with Crippen LogP contribution in [0.2, 0.25) is 5.15 Å². The normalized spacial score (nSPS) is 11.2. The van der Waals surface area contributed by atoms with Crippen molar-refractivity contribution in [3.05, 3.63) is 64.8 Å². The van der Waals surface area contributed by atoms with Crippen LogP contribution in [-0.4, -0.2) is 22.6 Å². The number of hydrogen-bond donors (Lipinski definition) is 3. The van der Waals surface area contributed by atoms with E-state index >= 15 is 0 Å². The van der Waals surface area contributed by atoms with Crippen LogP contribution in [0.25, 0.3) is 10.9 Å². The highest BCUT2D eigenvalue weighted by Gasteiger charge is 2.17. The molecule has 0 radical (unpaired) electrons. The molecule has 3 rings (SSSR count). The average Bonchev–Trinajstić information content (AvgIpc) is 2.77. The van der Waals surface area contributed by atoms with Crippen LogP contribution in [0.1, 0.15) is 51.7 Å². The molecule has 0 fully saturated rings. The van der Waals surface area contributed by atoms with Crippen molar-refractivity contribution in [3.8, 4) is 0 Å². The van der Waals surface area contributed by atoms with E-state index in [0.29, 0.717) is 25.2 Å². The maximum atomic E-state index is 12.3. The quantitative estimate of drug-likeness (QED) is 0.329. The van der Waals surface area contributed by atoms with Crippen LogP contribution >= 0.6 is 11.6 Å². The molecule has 34 heavy (non-hydrogen) atoms. The van der Waals surface area contributed by atoms with Gasteiger partial charge in [0.15, 0.2) is 5.15 Å². The topological polar surface area (TPSA) is 92.4 Å². The molecule has 0 aliphatic carbocycles. The van der Waals surface area contributed by atoms with Gasteiger partial charge in [-0.1, -0.05) is 61.0 Å². The standard InChI is InChI=1S/C26H31ClN4O3/c1-5-8-21(32)31-23-22(19-9-6-7-10-20(19)30-24(23)27)28-15-17-11-13-18(14-12-17)16-29-25(33)34-26(2,3)4/h6-7,9-14H,5,8,15-16H2,1-4H3,(H,28,30)(H,29,33)(H,31,32). The molecule has 1 aromatic heterocycles. The summed E-state index contributed by atoms with van der Waals surface area (Å²) in [5.41, 5.74) is 3.41. The second-order valence-electron chi connectivity index (χ2n) is 8.99. The third-order valence-electron chi connectivity index (χ3n) is 4.92. The number of halogens is 1. The molecule has 3 N–H and O–H groups in total. The SMILES string of the molecule is CCCC(=O)Nc1c(Cl)nc2ccccc2c1NCc1ccc(CNC(=O)OC(C)(C)C)cc1. The van der Waals surface area contributed by atoms with Gasteiger partial charge in [-0.2, -0.15) is 0 Å². The molecular formula is C26H31ClN4O3. The molecule has 0 unspecified atom stereocenters. The first kappa shape index (κ1) is 25.3. The van der Waals surface area contributed by atoms with E-state index in [9.17, 15) is 9.59 Å². The zero-order valence-corrected chi connectivity index (χ0v) is 20.8. The molecule has 2 aromatic carbocycles. The van der Waals surface area contributed by atoms with E-state index in [1.807, 2.05) is 76.2 Å². The van der Waals surface area contributed by atoms with Gasteiger partial charge in [0, 0.05) is 24.9 Å². The third kappa shape index (κ3) is 7.09. The van der Waals surface area contributed by atoms with Crippen molar-refractivity contribution in [2.75, 3.05) is 10.6 Å². The summed E-state index contributed by atoms with van der Waals surface area (Å²) in [4.78, 5) is 28.6. The molecule has 3 aromatic rings. The minimum atomic E-state index is -0.533. The zero-order valence-electron chi connectivity index (χ0n) is 20.0. The van der Waals surface area contributed by atoms with Gasteiger partial charge in [-0.25, -0.2) is 9.78 Å². The second-order valence-corrected chi connectivity index (χ2v) is 9.35. The van der Waals surface area contributed by atoms with E-state index in [2.05, 4.69) is 20.9 Å². The smallest absolute Gasteiger partial charge is 0.407 e. The lowest BCUT2D eigenvalue weighted by atomic mass is 10.1. The predicted molar refractivity (Wildman–Crippen MR) is 137 cm³/mol. The lowest BCUT2D eigenvalue weighted by molar-refractivity contribution is -0.116. The van der Waals surface area contributed by atoms with Crippen molar-refractivity contribution in [3.63, 3.8) is 0 Å². The Morgan fingerprint density at radius 3 is 2.26 bits per heavy atom. The minimum absolute atomic E-state index is 0.105. The number of amides is 2. The lowest BCUT2D eigenvalue weighted by Gasteiger charge is -2.19. The number of pyridine rings is 1. The third-order valence-corrected chi connectivity index (χ3v) is 5.19. The summed E-state index contributed by atoms with van der Waals surface area (Å²) >= 11 is 6.44. The van der Waals surface area contributed by atoms with Gasteiger partial charge in [0.2, 0.25) is 5.91 Å². The first-order valence-corrected chi connectivity index (χ1v) is 11.7. The average molecular weight is 483 g/mol. The van der Waals surface area contributed by atoms with E-state index < -0.39 is 11.7 Å². The van der Waals surface area contributed by atoms with Gasteiger partial charge in [0.25, 0.3) is 0 Å². The number of carbonyl (C=O) groups is 2. The number of nitrogens with one attached hydrogen (secondary N) is 3. The lowest BCUT2D eigenvalue weighted by Crippen LogP contribution is -2.32. The number of para-hydroxylation sites is 1. The van der Waals surface area contributed by atoms with Gasteiger partial charge < -0.3 is 20.7 Å². The van der Waals surface area contributed by atoms with Crippen molar-refractivity contribution in [1.29, 1.82) is 0 Å².